The first-order chi connectivity index (χ1) is 18.0. The van der Waals surface area contributed by atoms with Crippen molar-refractivity contribution in [2.24, 2.45) is 5.92 Å². The number of aryl methyl sites for hydroxylation is 2. The van der Waals surface area contributed by atoms with E-state index in [1.165, 1.54) is 0 Å². The molecule has 39 heavy (non-hydrogen) atoms. The van der Waals surface area contributed by atoms with Crippen LogP contribution in [0.4, 0.5) is 0 Å². The van der Waals surface area contributed by atoms with Gasteiger partial charge in [0.2, 0.25) is 0 Å². The molecule has 0 heterocycles. The Bertz CT molecular complexity index is 1090. The Hall–Kier alpha value is -3.02. The highest BCUT2D eigenvalue weighted by atomic mass is 16.4. The number of carboxylic acids is 2. The van der Waals surface area contributed by atoms with E-state index in [1.54, 1.807) is 0 Å². The van der Waals surface area contributed by atoms with E-state index in [-0.39, 0.29) is 47.0 Å². The van der Waals surface area contributed by atoms with Gasteiger partial charge in [0.15, 0.2) is 0 Å². The molecule has 6 nitrogen and oxygen atoms in total. The molecule has 4 N–H and O–H groups in total. The molecule has 0 saturated carbocycles. The molecule has 0 fully saturated rings. The molecule has 0 amide bonds. The molecule has 2 aromatic rings. The van der Waals surface area contributed by atoms with Gasteiger partial charge in [-0.2, -0.15) is 0 Å². The first kappa shape index (κ1) is 32.2. The molecule has 0 spiro atoms. The smallest absolute Gasteiger partial charge is 0.303 e. The molecular formula is C33H48O6. The number of carboxylic acid groups (broad SMARTS) is 2. The van der Waals surface area contributed by atoms with Crippen LogP contribution in [0.25, 0.3) is 0 Å². The number of aromatic hydroxyl groups is 2. The number of benzene rings is 2. The van der Waals surface area contributed by atoms with E-state index in [2.05, 4.69) is 55.4 Å². The minimum atomic E-state index is -0.880. The van der Waals surface area contributed by atoms with Crippen molar-refractivity contribution in [3.05, 3.63) is 57.6 Å². The standard InChI is InChI=1S/C33H48O6/c1-9-32(5,6)26-18-21(11-13-28(34)35)16-24(30(26)38)23(15-20(3)4)25-17-22(12-14-29(36)37)19-27(31(25)39)33(7,8)10-2/h16-20,23,38-39H,9-15H2,1-8H3,(H,34,35)(H,36,37). The van der Waals surface area contributed by atoms with Gasteiger partial charge in [0.1, 0.15) is 11.5 Å². The summed E-state index contributed by atoms with van der Waals surface area (Å²) in [6.07, 6.45) is 2.84. The first-order valence-corrected chi connectivity index (χ1v) is 14.2. The van der Waals surface area contributed by atoms with E-state index < -0.39 is 11.9 Å². The number of hydrogen-bond acceptors (Lipinski definition) is 4. The predicted molar refractivity (Wildman–Crippen MR) is 156 cm³/mol. The summed E-state index contributed by atoms with van der Waals surface area (Å²) in [7, 11) is 0. The Labute approximate surface area is 234 Å². The van der Waals surface area contributed by atoms with Crippen molar-refractivity contribution in [2.75, 3.05) is 0 Å². The zero-order valence-electron chi connectivity index (χ0n) is 25.0. The minimum Gasteiger partial charge on any atom is -0.507 e. The van der Waals surface area contributed by atoms with Crippen LogP contribution in [0.1, 0.15) is 127 Å². The van der Waals surface area contributed by atoms with Crippen LogP contribution in [0.3, 0.4) is 0 Å². The van der Waals surface area contributed by atoms with Gasteiger partial charge >= 0.3 is 11.9 Å². The van der Waals surface area contributed by atoms with Gasteiger partial charge in [0.05, 0.1) is 0 Å². The molecule has 2 aromatic carbocycles. The molecule has 2 rings (SSSR count). The van der Waals surface area contributed by atoms with Gasteiger partial charge in [-0.05, 0) is 60.0 Å². The lowest BCUT2D eigenvalue weighted by Gasteiger charge is -2.32. The number of hydrogen-bond donors (Lipinski definition) is 4. The van der Waals surface area contributed by atoms with Crippen molar-refractivity contribution in [3.8, 4) is 11.5 Å². The summed E-state index contributed by atoms with van der Waals surface area (Å²) >= 11 is 0. The maximum atomic E-state index is 11.7. The molecule has 0 saturated heterocycles. The van der Waals surface area contributed by atoms with E-state index in [4.69, 9.17) is 0 Å². The lowest BCUT2D eigenvalue weighted by molar-refractivity contribution is -0.138. The van der Waals surface area contributed by atoms with Crippen LogP contribution >= 0.6 is 0 Å². The largest absolute Gasteiger partial charge is 0.507 e. The maximum absolute atomic E-state index is 11.7. The molecule has 6 heteroatoms. The summed E-state index contributed by atoms with van der Waals surface area (Å²) in [5, 5.41) is 42.2. The van der Waals surface area contributed by atoms with Crippen LogP contribution in [0.2, 0.25) is 0 Å². The van der Waals surface area contributed by atoms with Crippen molar-refractivity contribution in [3.63, 3.8) is 0 Å². The number of phenolic OH excluding ortho intramolecular Hbond substituents is 2. The minimum absolute atomic E-state index is 0.0180. The van der Waals surface area contributed by atoms with Crippen LogP contribution in [0.15, 0.2) is 24.3 Å². The highest BCUT2D eigenvalue weighted by Gasteiger charge is 2.32. The fourth-order valence-electron chi connectivity index (χ4n) is 5.07. The normalized spacial score (nSPS) is 12.4. The van der Waals surface area contributed by atoms with Crippen molar-refractivity contribution in [1.29, 1.82) is 0 Å². The third-order valence-electron chi connectivity index (χ3n) is 8.34. The Morgan fingerprint density at radius 2 is 1.08 bits per heavy atom. The molecule has 0 aliphatic rings. The molecule has 0 bridgehead atoms. The van der Waals surface area contributed by atoms with Gasteiger partial charge in [0.25, 0.3) is 0 Å². The van der Waals surface area contributed by atoms with Gasteiger partial charge in [-0.3, -0.25) is 9.59 Å². The molecular weight excluding hydrogens is 492 g/mol. The highest BCUT2D eigenvalue weighted by molar-refractivity contribution is 5.68. The first-order valence-electron chi connectivity index (χ1n) is 14.2. The Morgan fingerprint density at radius 1 is 0.718 bits per heavy atom. The summed E-state index contributed by atoms with van der Waals surface area (Å²) in [6.45, 7) is 16.6. The number of phenols is 2. The van der Waals surface area contributed by atoms with Crippen molar-refractivity contribution >= 4 is 11.9 Å². The second-order valence-corrected chi connectivity index (χ2v) is 12.6. The van der Waals surface area contributed by atoms with E-state index >= 15 is 0 Å². The summed E-state index contributed by atoms with van der Waals surface area (Å²) in [5.74, 6) is -1.54. The molecule has 0 aliphatic carbocycles. The van der Waals surface area contributed by atoms with Crippen LogP contribution in [-0.4, -0.2) is 32.4 Å². The number of aliphatic carboxylic acids is 2. The predicted octanol–water partition coefficient (Wildman–Crippen LogP) is 7.69. The fraction of sp³-hybridized carbons (Fsp3) is 0.576. The zero-order chi connectivity index (χ0) is 29.7. The average Bonchev–Trinajstić information content (AvgIpc) is 2.85. The topological polar surface area (TPSA) is 115 Å². The molecule has 0 aromatic heterocycles. The summed E-state index contributed by atoms with van der Waals surface area (Å²) in [5.41, 5.74) is 3.88. The van der Waals surface area contributed by atoms with Gasteiger partial charge < -0.3 is 20.4 Å². The second-order valence-electron chi connectivity index (χ2n) is 12.6. The van der Waals surface area contributed by atoms with E-state index in [1.807, 2.05) is 24.3 Å². The lowest BCUT2D eigenvalue weighted by Crippen LogP contribution is -2.19. The molecule has 216 valence electrons. The third-order valence-corrected chi connectivity index (χ3v) is 8.34. The second kappa shape index (κ2) is 12.9. The Kier molecular flexibility index (Phi) is 10.6. The van der Waals surface area contributed by atoms with Crippen LogP contribution in [0.5, 0.6) is 11.5 Å². The maximum Gasteiger partial charge on any atom is 0.303 e. The zero-order valence-corrected chi connectivity index (χ0v) is 25.0. The number of carbonyl (C=O) groups is 2. The average molecular weight is 541 g/mol. The van der Waals surface area contributed by atoms with Crippen molar-refractivity contribution in [1.82, 2.24) is 0 Å². The number of rotatable bonds is 14. The van der Waals surface area contributed by atoms with Gasteiger partial charge in [-0.15, -0.1) is 0 Å². The summed E-state index contributed by atoms with van der Waals surface area (Å²) in [4.78, 5) is 22.8. The lowest BCUT2D eigenvalue weighted by atomic mass is 9.74. The van der Waals surface area contributed by atoms with Gasteiger partial charge in [-0.1, -0.05) is 79.7 Å². The fourth-order valence-corrected chi connectivity index (χ4v) is 5.07. The summed E-state index contributed by atoms with van der Waals surface area (Å²) in [6, 6.07) is 7.64. The quantitative estimate of drug-likeness (QED) is 0.195. The van der Waals surface area contributed by atoms with Crippen molar-refractivity contribution < 1.29 is 30.0 Å². The van der Waals surface area contributed by atoms with Crippen molar-refractivity contribution in [2.45, 2.75) is 117 Å². The van der Waals surface area contributed by atoms with Gasteiger partial charge in [0, 0.05) is 41.0 Å². The van der Waals surface area contributed by atoms with E-state index in [9.17, 15) is 30.0 Å². The molecule has 0 unspecified atom stereocenters. The Morgan fingerprint density at radius 3 is 1.36 bits per heavy atom. The monoisotopic (exact) mass is 540 g/mol. The Balaban J connectivity index is 2.92. The third kappa shape index (κ3) is 8.00. The molecule has 0 atom stereocenters. The molecule has 0 aliphatic heterocycles. The van der Waals surface area contributed by atoms with Gasteiger partial charge in [-0.25, -0.2) is 0 Å². The van der Waals surface area contributed by atoms with Crippen LogP contribution in [0, 0.1) is 5.92 Å². The van der Waals surface area contributed by atoms with Crippen LogP contribution < -0.4 is 0 Å². The highest BCUT2D eigenvalue weighted by Crippen LogP contribution is 2.48. The SMILES string of the molecule is CCC(C)(C)c1cc(CCC(=O)O)cc(C(CC(C)C)c2cc(CCC(=O)O)cc(C(C)(C)CC)c2O)c1O. The summed E-state index contributed by atoms with van der Waals surface area (Å²) < 4.78 is 0. The molecule has 0 radical (unpaired) electrons. The van der Waals surface area contributed by atoms with Crippen LogP contribution in [-0.2, 0) is 33.3 Å². The van der Waals surface area contributed by atoms with E-state index in [0.717, 1.165) is 35.1 Å². The van der Waals surface area contributed by atoms with E-state index in [0.29, 0.717) is 30.4 Å².